The summed E-state index contributed by atoms with van der Waals surface area (Å²) in [5.74, 6) is 0. The van der Waals surface area contributed by atoms with Gasteiger partial charge in [-0.3, -0.25) is 4.99 Å². The van der Waals surface area contributed by atoms with Gasteiger partial charge in [-0.1, -0.05) is 19.9 Å². The van der Waals surface area contributed by atoms with Gasteiger partial charge in [0.15, 0.2) is 0 Å². The molecule has 1 rings (SSSR count). The van der Waals surface area contributed by atoms with Crippen molar-refractivity contribution in [3.63, 3.8) is 0 Å². The first kappa shape index (κ1) is 7.74. The molecule has 0 aromatic carbocycles. The molecule has 0 unspecified atom stereocenters. The minimum Gasteiger partial charge on any atom is -0.253 e. The lowest BCUT2D eigenvalue weighted by atomic mass is 10.2. The van der Waals surface area contributed by atoms with Crippen LogP contribution in [0.15, 0.2) is 28.9 Å². The molecule has 0 spiro atoms. The highest BCUT2D eigenvalue weighted by Gasteiger charge is 2.10. The number of hydrogen-bond donors (Lipinski definition) is 0. The van der Waals surface area contributed by atoms with Crippen molar-refractivity contribution in [2.75, 3.05) is 0 Å². The average molecular weight is 146 g/mol. The number of allylic oxidation sites excluding steroid dienone is 2. The number of nitrogens with zero attached hydrogens (tertiary/aromatic N) is 2. The molecule has 0 aromatic rings. The van der Waals surface area contributed by atoms with Gasteiger partial charge >= 0.3 is 0 Å². The lowest BCUT2D eigenvalue weighted by Gasteiger charge is -1.89. The van der Waals surface area contributed by atoms with Crippen LogP contribution in [0.3, 0.4) is 0 Å². The Morgan fingerprint density at radius 3 is 2.91 bits per heavy atom. The first-order valence-electron chi connectivity index (χ1n) is 3.66. The predicted octanol–water partition coefficient (Wildman–Crippen LogP) is 2.20. The van der Waals surface area contributed by atoms with E-state index in [1.807, 2.05) is 12.1 Å². The van der Waals surface area contributed by atoms with Gasteiger partial charge in [0.1, 0.15) is 6.07 Å². The SMILES string of the molecule is C=C1N=C(CCC)C=C1C#N. The summed E-state index contributed by atoms with van der Waals surface area (Å²) in [5, 5.41) is 8.57. The third-order valence-corrected chi connectivity index (χ3v) is 1.53. The second-order valence-corrected chi connectivity index (χ2v) is 2.47. The van der Waals surface area contributed by atoms with Crippen LogP contribution in [0.2, 0.25) is 0 Å². The molecule has 1 aliphatic heterocycles. The van der Waals surface area contributed by atoms with Gasteiger partial charge in [-0.25, -0.2) is 0 Å². The first-order valence-corrected chi connectivity index (χ1v) is 3.66. The molecule has 0 radical (unpaired) electrons. The van der Waals surface area contributed by atoms with Crippen LogP contribution in [-0.4, -0.2) is 5.71 Å². The minimum absolute atomic E-state index is 0.605. The summed E-state index contributed by atoms with van der Waals surface area (Å²) in [6, 6.07) is 2.05. The van der Waals surface area contributed by atoms with Crippen LogP contribution in [0.5, 0.6) is 0 Å². The molecule has 1 heterocycles. The zero-order valence-electron chi connectivity index (χ0n) is 6.59. The highest BCUT2D eigenvalue weighted by Crippen LogP contribution is 2.17. The molecule has 0 aliphatic carbocycles. The lowest BCUT2D eigenvalue weighted by molar-refractivity contribution is 0.997. The van der Waals surface area contributed by atoms with E-state index in [1.54, 1.807) is 0 Å². The van der Waals surface area contributed by atoms with Gasteiger partial charge in [0, 0.05) is 5.71 Å². The zero-order valence-corrected chi connectivity index (χ0v) is 6.59. The van der Waals surface area contributed by atoms with Gasteiger partial charge in [-0.05, 0) is 12.5 Å². The van der Waals surface area contributed by atoms with Crippen LogP contribution < -0.4 is 0 Å². The van der Waals surface area contributed by atoms with E-state index in [0.717, 1.165) is 18.6 Å². The highest BCUT2D eigenvalue weighted by molar-refractivity contribution is 6.00. The summed E-state index contributed by atoms with van der Waals surface area (Å²) in [7, 11) is 0. The van der Waals surface area contributed by atoms with Gasteiger partial charge in [-0.2, -0.15) is 5.26 Å². The van der Waals surface area contributed by atoms with E-state index in [2.05, 4.69) is 18.5 Å². The fraction of sp³-hybridized carbons (Fsp3) is 0.333. The van der Waals surface area contributed by atoms with E-state index >= 15 is 0 Å². The molecular weight excluding hydrogens is 136 g/mol. The maximum Gasteiger partial charge on any atom is 0.101 e. The van der Waals surface area contributed by atoms with Gasteiger partial charge in [0.2, 0.25) is 0 Å². The molecule has 0 saturated heterocycles. The topological polar surface area (TPSA) is 36.1 Å². The second-order valence-electron chi connectivity index (χ2n) is 2.47. The normalized spacial score (nSPS) is 15.8. The molecule has 0 bridgehead atoms. The third-order valence-electron chi connectivity index (χ3n) is 1.53. The third kappa shape index (κ3) is 1.56. The fourth-order valence-electron chi connectivity index (χ4n) is 0.997. The van der Waals surface area contributed by atoms with E-state index in [9.17, 15) is 0 Å². The van der Waals surface area contributed by atoms with Gasteiger partial charge in [0.25, 0.3) is 0 Å². The minimum atomic E-state index is 0.605. The Hall–Kier alpha value is -1.36. The van der Waals surface area contributed by atoms with Gasteiger partial charge in [0.05, 0.1) is 11.3 Å². The maximum absolute atomic E-state index is 8.57. The number of nitriles is 1. The Bertz CT molecular complexity index is 276. The molecule has 1 aliphatic rings. The smallest absolute Gasteiger partial charge is 0.101 e. The molecule has 0 aromatic heterocycles. The van der Waals surface area contributed by atoms with E-state index < -0.39 is 0 Å². The van der Waals surface area contributed by atoms with Crippen molar-refractivity contribution in [1.82, 2.24) is 0 Å². The number of hydrogen-bond acceptors (Lipinski definition) is 2. The lowest BCUT2D eigenvalue weighted by Crippen LogP contribution is -1.87. The van der Waals surface area contributed by atoms with E-state index in [1.165, 1.54) is 0 Å². The van der Waals surface area contributed by atoms with Crippen LogP contribution >= 0.6 is 0 Å². The fourth-order valence-corrected chi connectivity index (χ4v) is 0.997. The van der Waals surface area contributed by atoms with Crippen molar-refractivity contribution in [3.8, 4) is 6.07 Å². The van der Waals surface area contributed by atoms with Crippen molar-refractivity contribution in [2.45, 2.75) is 19.8 Å². The molecule has 56 valence electrons. The summed E-state index contributed by atoms with van der Waals surface area (Å²) in [4.78, 5) is 4.14. The quantitative estimate of drug-likeness (QED) is 0.588. The van der Waals surface area contributed by atoms with Crippen molar-refractivity contribution in [2.24, 2.45) is 4.99 Å². The second kappa shape index (κ2) is 3.16. The molecule has 2 heteroatoms. The van der Waals surface area contributed by atoms with Gasteiger partial charge < -0.3 is 0 Å². The molecule has 0 N–H and O–H groups in total. The van der Waals surface area contributed by atoms with Crippen LogP contribution in [0.4, 0.5) is 0 Å². The van der Waals surface area contributed by atoms with Crippen molar-refractivity contribution in [3.05, 3.63) is 23.9 Å². The Labute approximate surface area is 66.6 Å². The summed E-state index contributed by atoms with van der Waals surface area (Å²) in [5.41, 5.74) is 2.19. The van der Waals surface area contributed by atoms with Gasteiger partial charge in [-0.15, -0.1) is 0 Å². The molecule has 0 fully saturated rings. The monoisotopic (exact) mass is 146 g/mol. The molecule has 0 saturated carbocycles. The predicted molar refractivity (Wildman–Crippen MR) is 45.2 cm³/mol. The maximum atomic E-state index is 8.57. The average Bonchev–Trinajstić information content (AvgIpc) is 2.32. The highest BCUT2D eigenvalue weighted by atomic mass is 14.8. The molecular formula is C9H10N2. The summed E-state index contributed by atoms with van der Waals surface area (Å²) < 4.78 is 0. The molecule has 11 heavy (non-hydrogen) atoms. The van der Waals surface area contributed by atoms with Crippen molar-refractivity contribution >= 4 is 5.71 Å². The summed E-state index contributed by atoms with van der Waals surface area (Å²) >= 11 is 0. The van der Waals surface area contributed by atoms with Crippen LogP contribution in [-0.2, 0) is 0 Å². The van der Waals surface area contributed by atoms with Crippen LogP contribution in [0, 0.1) is 11.3 Å². The summed E-state index contributed by atoms with van der Waals surface area (Å²) in [6.45, 7) is 5.75. The first-order chi connectivity index (χ1) is 5.27. The molecule has 0 amide bonds. The Kier molecular flexibility index (Phi) is 2.22. The van der Waals surface area contributed by atoms with Crippen LogP contribution in [0.25, 0.3) is 0 Å². The standard InChI is InChI=1S/C9H10N2/c1-3-4-9-5-8(6-10)7(2)11-9/h5H,2-4H2,1H3. The van der Waals surface area contributed by atoms with Crippen molar-refractivity contribution < 1.29 is 0 Å². The summed E-state index contributed by atoms with van der Waals surface area (Å²) in [6.07, 6.45) is 3.80. The van der Waals surface area contributed by atoms with Crippen molar-refractivity contribution in [1.29, 1.82) is 5.26 Å². The Morgan fingerprint density at radius 1 is 1.73 bits per heavy atom. The van der Waals surface area contributed by atoms with E-state index in [0.29, 0.717) is 11.3 Å². The van der Waals surface area contributed by atoms with E-state index in [-0.39, 0.29) is 0 Å². The Balaban J connectivity index is 2.76. The molecule has 0 atom stereocenters. The molecule has 2 nitrogen and oxygen atoms in total. The Morgan fingerprint density at radius 2 is 2.45 bits per heavy atom. The zero-order chi connectivity index (χ0) is 8.27. The number of aliphatic imine (C=N–C) groups is 1. The largest absolute Gasteiger partial charge is 0.253 e. The number of rotatable bonds is 2. The van der Waals surface area contributed by atoms with E-state index in [4.69, 9.17) is 5.26 Å². The van der Waals surface area contributed by atoms with Crippen LogP contribution in [0.1, 0.15) is 19.8 Å².